The van der Waals surface area contributed by atoms with Crippen molar-refractivity contribution in [1.29, 1.82) is 0 Å². The summed E-state index contributed by atoms with van der Waals surface area (Å²) in [6.45, 7) is -0.543. The third kappa shape index (κ3) is 1.80. The topological polar surface area (TPSA) is 52.0 Å². The van der Waals surface area contributed by atoms with Crippen LogP contribution >= 0.6 is 11.6 Å². The Hall–Kier alpha value is -1.55. The van der Waals surface area contributed by atoms with Gasteiger partial charge >= 0.3 is 0 Å². The van der Waals surface area contributed by atoms with Gasteiger partial charge < -0.3 is 10.3 Å². The zero-order valence-electron chi connectivity index (χ0n) is 7.71. The molecule has 3 nitrogen and oxygen atoms in total. The van der Waals surface area contributed by atoms with Crippen molar-refractivity contribution >= 4 is 17.5 Å². The van der Waals surface area contributed by atoms with Crippen molar-refractivity contribution in [2.45, 2.75) is 6.67 Å². The normalized spacial score (nSPS) is 10.5. The smallest absolute Gasteiger partial charge is 0.230 e. The molecule has 15 heavy (non-hydrogen) atoms. The van der Waals surface area contributed by atoms with Crippen molar-refractivity contribution in [3.8, 4) is 11.1 Å². The third-order valence-electron chi connectivity index (χ3n) is 2.08. The molecule has 0 saturated carbocycles. The van der Waals surface area contributed by atoms with E-state index in [0.717, 1.165) is 0 Å². The van der Waals surface area contributed by atoms with Gasteiger partial charge in [-0.05, 0) is 11.6 Å². The van der Waals surface area contributed by atoms with Crippen molar-refractivity contribution < 1.29 is 8.91 Å². The lowest BCUT2D eigenvalue weighted by molar-refractivity contribution is 0.436. The van der Waals surface area contributed by atoms with E-state index in [4.69, 9.17) is 21.9 Å². The van der Waals surface area contributed by atoms with Crippen LogP contribution in [0.5, 0.6) is 0 Å². The van der Waals surface area contributed by atoms with Gasteiger partial charge in [0.1, 0.15) is 6.67 Å². The molecule has 1 heterocycles. The number of nitrogens with zero attached hydrogens (tertiary/aromatic N) is 1. The lowest BCUT2D eigenvalue weighted by Crippen LogP contribution is -1.87. The molecule has 0 aliphatic rings. The highest BCUT2D eigenvalue weighted by Crippen LogP contribution is 2.32. The molecule has 5 heteroatoms. The summed E-state index contributed by atoms with van der Waals surface area (Å²) in [5.41, 5.74) is 7.38. The fraction of sp³-hybridized carbons (Fsp3) is 0.100. The van der Waals surface area contributed by atoms with Gasteiger partial charge in [0.25, 0.3) is 0 Å². The molecule has 2 rings (SSSR count). The van der Waals surface area contributed by atoms with Crippen LogP contribution in [0.2, 0.25) is 5.02 Å². The van der Waals surface area contributed by atoms with Gasteiger partial charge in [-0.2, -0.15) is 0 Å². The van der Waals surface area contributed by atoms with E-state index in [-0.39, 0.29) is 5.88 Å². The van der Waals surface area contributed by atoms with Crippen molar-refractivity contribution in [3.63, 3.8) is 0 Å². The van der Waals surface area contributed by atoms with Crippen molar-refractivity contribution in [1.82, 2.24) is 5.16 Å². The first-order valence-electron chi connectivity index (χ1n) is 4.27. The number of aromatic nitrogens is 1. The second-order valence-corrected chi connectivity index (χ2v) is 3.46. The standard InChI is InChI=1S/C10H8ClFN2O/c11-9-3-6(4-12)1-2-7(9)8-5-14-15-10(8)13/h1-3,5H,4,13H2. The monoisotopic (exact) mass is 226 g/mol. The van der Waals surface area contributed by atoms with Crippen molar-refractivity contribution in [2.24, 2.45) is 0 Å². The number of benzene rings is 1. The predicted molar refractivity (Wildman–Crippen MR) is 56.2 cm³/mol. The third-order valence-corrected chi connectivity index (χ3v) is 2.39. The van der Waals surface area contributed by atoms with E-state index in [1.807, 2.05) is 0 Å². The number of alkyl halides is 1. The highest BCUT2D eigenvalue weighted by Gasteiger charge is 2.10. The molecule has 1 aromatic heterocycles. The molecule has 0 aliphatic heterocycles. The second kappa shape index (κ2) is 3.90. The van der Waals surface area contributed by atoms with E-state index in [1.54, 1.807) is 18.2 Å². The van der Waals surface area contributed by atoms with Gasteiger partial charge in [-0.3, -0.25) is 0 Å². The minimum Gasteiger partial charge on any atom is -0.367 e. The molecular weight excluding hydrogens is 219 g/mol. The first kappa shape index (κ1) is 9.98. The van der Waals surface area contributed by atoms with Gasteiger partial charge in [0.05, 0.1) is 11.8 Å². The Labute approximate surface area is 90.6 Å². The Morgan fingerprint density at radius 3 is 2.73 bits per heavy atom. The van der Waals surface area contributed by atoms with E-state index < -0.39 is 6.67 Å². The van der Waals surface area contributed by atoms with Crippen LogP contribution < -0.4 is 5.73 Å². The number of halogens is 2. The fourth-order valence-corrected chi connectivity index (χ4v) is 1.62. The average Bonchev–Trinajstić information content (AvgIpc) is 2.64. The highest BCUT2D eigenvalue weighted by molar-refractivity contribution is 6.33. The highest BCUT2D eigenvalue weighted by atomic mass is 35.5. The van der Waals surface area contributed by atoms with Gasteiger partial charge in [-0.15, -0.1) is 0 Å². The number of nitrogens with two attached hydrogens (primary N) is 1. The van der Waals surface area contributed by atoms with Crippen LogP contribution in [-0.4, -0.2) is 5.16 Å². The summed E-state index contributed by atoms with van der Waals surface area (Å²) in [5.74, 6) is 0.199. The van der Waals surface area contributed by atoms with Gasteiger partial charge in [-0.1, -0.05) is 28.9 Å². The minimum atomic E-state index is -0.543. The Morgan fingerprint density at radius 2 is 2.20 bits per heavy atom. The van der Waals surface area contributed by atoms with Crippen LogP contribution in [-0.2, 0) is 6.67 Å². The maximum Gasteiger partial charge on any atom is 0.230 e. The Morgan fingerprint density at radius 1 is 1.40 bits per heavy atom. The van der Waals surface area contributed by atoms with Crippen LogP contribution in [0, 0.1) is 0 Å². The molecule has 78 valence electrons. The van der Waals surface area contributed by atoms with Crippen LogP contribution in [0.1, 0.15) is 5.56 Å². The quantitative estimate of drug-likeness (QED) is 0.856. The van der Waals surface area contributed by atoms with Gasteiger partial charge in [-0.25, -0.2) is 4.39 Å². The molecule has 0 bridgehead atoms. The molecule has 2 aromatic rings. The number of hydrogen-bond acceptors (Lipinski definition) is 3. The Balaban J connectivity index is 2.50. The van der Waals surface area contributed by atoms with E-state index >= 15 is 0 Å². The fourth-order valence-electron chi connectivity index (χ4n) is 1.31. The molecule has 0 fully saturated rings. The SMILES string of the molecule is Nc1oncc1-c1ccc(CF)cc1Cl. The molecule has 1 aromatic carbocycles. The van der Waals surface area contributed by atoms with Crippen LogP contribution in [0.15, 0.2) is 28.9 Å². The van der Waals surface area contributed by atoms with Gasteiger partial charge in [0.15, 0.2) is 0 Å². The van der Waals surface area contributed by atoms with Crippen molar-refractivity contribution in [2.75, 3.05) is 5.73 Å². The Kier molecular flexibility index (Phi) is 2.60. The molecule has 0 radical (unpaired) electrons. The summed E-state index contributed by atoms with van der Waals surface area (Å²) >= 11 is 5.98. The maximum atomic E-state index is 12.3. The Bertz CT molecular complexity index is 484. The molecule has 0 spiro atoms. The lowest BCUT2D eigenvalue weighted by Gasteiger charge is -2.03. The zero-order valence-corrected chi connectivity index (χ0v) is 8.46. The first-order chi connectivity index (χ1) is 7.22. The van der Waals surface area contributed by atoms with Crippen molar-refractivity contribution in [3.05, 3.63) is 35.0 Å². The summed E-state index contributed by atoms with van der Waals surface area (Å²) < 4.78 is 17.1. The summed E-state index contributed by atoms with van der Waals surface area (Å²) in [7, 11) is 0. The molecular formula is C10H8ClFN2O. The first-order valence-corrected chi connectivity index (χ1v) is 4.65. The van der Waals surface area contributed by atoms with E-state index in [1.165, 1.54) is 6.20 Å². The summed E-state index contributed by atoms with van der Waals surface area (Å²) in [4.78, 5) is 0. The number of anilines is 1. The summed E-state index contributed by atoms with van der Waals surface area (Å²) in [6.07, 6.45) is 1.48. The molecule has 0 aliphatic carbocycles. The zero-order chi connectivity index (χ0) is 10.8. The summed E-state index contributed by atoms with van der Waals surface area (Å²) in [5, 5.41) is 3.98. The predicted octanol–water partition coefficient (Wildman–Crippen LogP) is 3.05. The maximum absolute atomic E-state index is 12.3. The summed E-state index contributed by atoms with van der Waals surface area (Å²) in [6, 6.07) is 4.90. The largest absolute Gasteiger partial charge is 0.367 e. The van der Waals surface area contributed by atoms with Crippen LogP contribution in [0.3, 0.4) is 0 Å². The van der Waals surface area contributed by atoms with Crippen LogP contribution in [0.25, 0.3) is 11.1 Å². The lowest BCUT2D eigenvalue weighted by atomic mass is 10.1. The van der Waals surface area contributed by atoms with E-state index in [0.29, 0.717) is 21.7 Å². The van der Waals surface area contributed by atoms with Crippen LogP contribution in [0.4, 0.5) is 10.3 Å². The molecule has 0 amide bonds. The van der Waals surface area contributed by atoms with Gasteiger partial charge in [0.2, 0.25) is 5.88 Å². The average molecular weight is 227 g/mol. The molecule has 2 N–H and O–H groups in total. The van der Waals surface area contributed by atoms with E-state index in [2.05, 4.69) is 5.16 Å². The second-order valence-electron chi connectivity index (χ2n) is 3.05. The molecule has 0 saturated heterocycles. The molecule has 0 atom stereocenters. The number of rotatable bonds is 2. The molecule has 0 unspecified atom stereocenters. The number of nitrogen functional groups attached to an aromatic ring is 1. The van der Waals surface area contributed by atoms with E-state index in [9.17, 15) is 4.39 Å². The van der Waals surface area contributed by atoms with Gasteiger partial charge in [0, 0.05) is 10.6 Å². The minimum absolute atomic E-state index is 0.199. The number of hydrogen-bond donors (Lipinski definition) is 1.